The zero-order chi connectivity index (χ0) is 14.3. The summed E-state index contributed by atoms with van der Waals surface area (Å²) in [5.41, 5.74) is 0. The molecule has 19 heavy (non-hydrogen) atoms. The van der Waals surface area contributed by atoms with Crippen LogP contribution >= 0.6 is 0 Å². The van der Waals surface area contributed by atoms with E-state index in [0.717, 1.165) is 25.7 Å². The summed E-state index contributed by atoms with van der Waals surface area (Å²) in [5.74, 6) is -1.63. The molecule has 0 saturated heterocycles. The van der Waals surface area contributed by atoms with Gasteiger partial charge >= 0.3 is 12.0 Å². The van der Waals surface area contributed by atoms with Crippen molar-refractivity contribution in [3.63, 3.8) is 0 Å². The molecule has 1 atom stereocenters. The van der Waals surface area contributed by atoms with E-state index in [-0.39, 0.29) is 18.6 Å². The minimum atomic E-state index is -1.11. The molecule has 3 amide bonds. The fourth-order valence-corrected chi connectivity index (χ4v) is 2.00. The van der Waals surface area contributed by atoms with Crippen LogP contribution in [0, 0.1) is 0 Å². The third-order valence-corrected chi connectivity index (χ3v) is 3.10. The summed E-state index contributed by atoms with van der Waals surface area (Å²) in [6.07, 6.45) is 5.36. The van der Waals surface area contributed by atoms with Crippen molar-refractivity contribution >= 4 is 17.9 Å². The van der Waals surface area contributed by atoms with Crippen LogP contribution in [0.5, 0.6) is 0 Å². The molecule has 0 spiro atoms. The number of carboxylic acid groups (broad SMARTS) is 1. The molecule has 0 aromatic heterocycles. The van der Waals surface area contributed by atoms with E-state index in [1.165, 1.54) is 13.3 Å². The van der Waals surface area contributed by atoms with Gasteiger partial charge in [-0.2, -0.15) is 0 Å². The number of carbonyl (C=O) groups excluding carboxylic acids is 2. The Bertz CT molecular complexity index is 340. The highest BCUT2D eigenvalue weighted by Crippen LogP contribution is 2.16. The Balaban J connectivity index is 2.18. The molecule has 0 heterocycles. The maximum absolute atomic E-state index is 11.5. The second-order valence-electron chi connectivity index (χ2n) is 4.79. The summed E-state index contributed by atoms with van der Waals surface area (Å²) in [7, 11) is 0. The lowest BCUT2D eigenvalue weighted by molar-refractivity contribution is -0.141. The van der Waals surface area contributed by atoms with Crippen LogP contribution in [-0.2, 0) is 9.59 Å². The van der Waals surface area contributed by atoms with Gasteiger partial charge in [0.05, 0.1) is 6.54 Å². The molecule has 1 fully saturated rings. The Kier molecular flexibility index (Phi) is 6.11. The van der Waals surface area contributed by atoms with Gasteiger partial charge in [-0.05, 0) is 19.8 Å². The fraction of sp³-hybridized carbons (Fsp3) is 0.750. The number of amides is 3. The van der Waals surface area contributed by atoms with E-state index in [1.54, 1.807) is 0 Å². The number of urea groups is 1. The van der Waals surface area contributed by atoms with E-state index in [1.807, 2.05) is 0 Å². The molecule has 0 bridgehead atoms. The van der Waals surface area contributed by atoms with Crippen LogP contribution in [0.2, 0.25) is 0 Å². The van der Waals surface area contributed by atoms with E-state index in [4.69, 9.17) is 5.11 Å². The van der Waals surface area contributed by atoms with Gasteiger partial charge in [-0.1, -0.05) is 19.3 Å². The average Bonchev–Trinajstić information content (AvgIpc) is 2.37. The van der Waals surface area contributed by atoms with E-state index < -0.39 is 17.9 Å². The van der Waals surface area contributed by atoms with Gasteiger partial charge in [-0.25, -0.2) is 4.79 Å². The summed E-state index contributed by atoms with van der Waals surface area (Å²) in [4.78, 5) is 33.4. The monoisotopic (exact) mass is 271 g/mol. The molecular formula is C12H21N3O4. The number of carbonyl (C=O) groups is 3. The van der Waals surface area contributed by atoms with Gasteiger partial charge in [-0.3, -0.25) is 9.59 Å². The van der Waals surface area contributed by atoms with E-state index in [9.17, 15) is 14.4 Å². The number of hydrogen-bond donors (Lipinski definition) is 4. The van der Waals surface area contributed by atoms with Crippen LogP contribution < -0.4 is 16.0 Å². The highest BCUT2D eigenvalue weighted by Gasteiger charge is 2.17. The number of nitrogens with one attached hydrogen (secondary N) is 3. The van der Waals surface area contributed by atoms with Crippen molar-refractivity contribution < 1.29 is 19.5 Å². The second kappa shape index (κ2) is 7.60. The molecule has 7 heteroatoms. The molecule has 0 radical (unpaired) electrons. The van der Waals surface area contributed by atoms with Crippen molar-refractivity contribution in [1.29, 1.82) is 0 Å². The predicted molar refractivity (Wildman–Crippen MR) is 68.6 cm³/mol. The average molecular weight is 271 g/mol. The van der Waals surface area contributed by atoms with E-state index in [2.05, 4.69) is 16.0 Å². The third-order valence-electron chi connectivity index (χ3n) is 3.10. The van der Waals surface area contributed by atoms with Gasteiger partial charge in [0.1, 0.15) is 6.04 Å². The predicted octanol–water partition coefficient (Wildman–Crippen LogP) is 0.208. The van der Waals surface area contributed by atoms with Crippen molar-refractivity contribution in [2.45, 2.75) is 51.1 Å². The quantitative estimate of drug-likeness (QED) is 0.573. The fourth-order valence-electron chi connectivity index (χ4n) is 2.00. The number of hydrogen-bond acceptors (Lipinski definition) is 3. The van der Waals surface area contributed by atoms with Crippen molar-refractivity contribution in [2.75, 3.05) is 6.54 Å². The van der Waals surface area contributed by atoms with Gasteiger partial charge in [0.25, 0.3) is 0 Å². The lowest BCUT2D eigenvalue weighted by atomic mass is 9.96. The Morgan fingerprint density at radius 1 is 1.21 bits per heavy atom. The highest BCUT2D eigenvalue weighted by atomic mass is 16.4. The second-order valence-corrected chi connectivity index (χ2v) is 4.79. The zero-order valence-corrected chi connectivity index (χ0v) is 11.1. The molecule has 0 aromatic rings. The Morgan fingerprint density at radius 3 is 2.42 bits per heavy atom. The Labute approximate surface area is 112 Å². The molecule has 108 valence electrons. The highest BCUT2D eigenvalue weighted by molar-refractivity contribution is 5.87. The summed E-state index contributed by atoms with van der Waals surface area (Å²) >= 11 is 0. The minimum absolute atomic E-state index is 0.176. The summed E-state index contributed by atoms with van der Waals surface area (Å²) < 4.78 is 0. The first-order chi connectivity index (χ1) is 8.99. The van der Waals surface area contributed by atoms with Crippen molar-refractivity contribution in [2.24, 2.45) is 0 Å². The van der Waals surface area contributed by atoms with Crippen LogP contribution in [0.25, 0.3) is 0 Å². The van der Waals surface area contributed by atoms with Crippen molar-refractivity contribution in [3.8, 4) is 0 Å². The van der Waals surface area contributed by atoms with Crippen LogP contribution in [-0.4, -0.2) is 41.6 Å². The van der Waals surface area contributed by atoms with Crippen LogP contribution in [0.1, 0.15) is 39.0 Å². The molecule has 1 rings (SSSR count). The molecular weight excluding hydrogens is 250 g/mol. The molecule has 4 N–H and O–H groups in total. The standard InChI is InChI=1S/C12H21N3O4/c1-8(11(17)18)14-10(16)7-13-12(19)15-9-5-3-2-4-6-9/h8-9H,2-7H2,1H3,(H,14,16)(H,17,18)(H2,13,15,19)/t8-/m1/s1. The maximum Gasteiger partial charge on any atom is 0.325 e. The summed E-state index contributed by atoms with van der Waals surface area (Å²) in [6.45, 7) is 1.14. The van der Waals surface area contributed by atoms with Gasteiger partial charge in [0.2, 0.25) is 5.91 Å². The lowest BCUT2D eigenvalue weighted by Crippen LogP contribution is -2.48. The van der Waals surface area contributed by atoms with E-state index >= 15 is 0 Å². The first-order valence-electron chi connectivity index (χ1n) is 6.55. The van der Waals surface area contributed by atoms with E-state index in [0.29, 0.717) is 0 Å². The molecule has 1 aliphatic carbocycles. The molecule has 0 aliphatic heterocycles. The Morgan fingerprint density at radius 2 is 1.84 bits per heavy atom. The van der Waals surface area contributed by atoms with Crippen LogP contribution in [0.15, 0.2) is 0 Å². The van der Waals surface area contributed by atoms with Gasteiger partial charge in [0, 0.05) is 6.04 Å². The van der Waals surface area contributed by atoms with Gasteiger partial charge in [-0.15, -0.1) is 0 Å². The first kappa shape index (κ1) is 15.3. The normalized spacial score (nSPS) is 17.3. The number of aliphatic carboxylic acids is 1. The molecule has 0 aromatic carbocycles. The molecule has 1 saturated carbocycles. The number of rotatable bonds is 5. The largest absolute Gasteiger partial charge is 0.480 e. The van der Waals surface area contributed by atoms with Crippen LogP contribution in [0.3, 0.4) is 0 Å². The minimum Gasteiger partial charge on any atom is -0.480 e. The molecule has 7 nitrogen and oxygen atoms in total. The SMILES string of the molecule is C[C@@H](NC(=O)CNC(=O)NC1CCCCC1)C(=O)O. The summed E-state index contributed by atoms with van der Waals surface area (Å²) in [6, 6.07) is -1.17. The van der Waals surface area contributed by atoms with Gasteiger partial charge in [0.15, 0.2) is 0 Å². The smallest absolute Gasteiger partial charge is 0.325 e. The van der Waals surface area contributed by atoms with Gasteiger partial charge < -0.3 is 21.1 Å². The van der Waals surface area contributed by atoms with Crippen molar-refractivity contribution in [1.82, 2.24) is 16.0 Å². The number of carboxylic acids is 1. The van der Waals surface area contributed by atoms with Crippen molar-refractivity contribution in [3.05, 3.63) is 0 Å². The zero-order valence-electron chi connectivity index (χ0n) is 11.1. The Hall–Kier alpha value is -1.79. The lowest BCUT2D eigenvalue weighted by Gasteiger charge is -2.22. The topological polar surface area (TPSA) is 108 Å². The first-order valence-corrected chi connectivity index (χ1v) is 6.55. The maximum atomic E-state index is 11.5. The third kappa shape index (κ3) is 6.08. The van der Waals surface area contributed by atoms with Crippen LogP contribution in [0.4, 0.5) is 4.79 Å². The molecule has 1 aliphatic rings. The summed E-state index contributed by atoms with van der Waals surface area (Å²) in [5, 5.41) is 16.1. The molecule has 0 unspecified atom stereocenters.